The van der Waals surface area contributed by atoms with E-state index in [-0.39, 0.29) is 24.3 Å². The number of hydrogen-bond donors (Lipinski definition) is 1. The molecule has 1 heterocycles. The summed E-state index contributed by atoms with van der Waals surface area (Å²) in [6.45, 7) is 5.55. The average Bonchev–Trinajstić information content (AvgIpc) is 2.65. The van der Waals surface area contributed by atoms with Crippen molar-refractivity contribution in [3.8, 4) is 0 Å². The highest BCUT2D eigenvalue weighted by molar-refractivity contribution is 6.22. The Kier molecular flexibility index (Phi) is 3.58. The molecule has 0 bridgehead atoms. The molecule has 0 radical (unpaired) electrons. The molecule has 1 aliphatic heterocycles. The highest BCUT2D eigenvalue weighted by Gasteiger charge is 2.39. The monoisotopic (exact) mass is 244 g/mol. The van der Waals surface area contributed by atoms with Crippen molar-refractivity contribution in [3.63, 3.8) is 0 Å². The Labute approximate surface area is 106 Å². The van der Waals surface area contributed by atoms with Gasteiger partial charge in [0.15, 0.2) is 0 Å². The summed E-state index contributed by atoms with van der Waals surface area (Å²) in [4.78, 5) is 25.3. The molecule has 1 saturated heterocycles. The van der Waals surface area contributed by atoms with Crippen molar-refractivity contribution in [3.05, 3.63) is 43.0 Å². The standard InChI is InChI=1S/C14H16N2O2/c1-3-10(2)15-12-9-13(17)16(14(12)18)11-7-5-4-6-8-11/h3-8,10,12,15H,1,9H2,2H3. The Bertz CT molecular complexity index is 470. The molecule has 2 atom stereocenters. The molecule has 18 heavy (non-hydrogen) atoms. The number of amides is 2. The van der Waals surface area contributed by atoms with E-state index in [2.05, 4.69) is 11.9 Å². The molecule has 0 aromatic heterocycles. The first-order valence-electron chi connectivity index (χ1n) is 5.94. The van der Waals surface area contributed by atoms with Gasteiger partial charge in [0.05, 0.1) is 18.2 Å². The summed E-state index contributed by atoms with van der Waals surface area (Å²) in [5.74, 6) is -0.361. The van der Waals surface area contributed by atoms with Crippen LogP contribution in [0.1, 0.15) is 13.3 Å². The van der Waals surface area contributed by atoms with Crippen LogP contribution in [0.25, 0.3) is 0 Å². The SMILES string of the molecule is C=CC(C)NC1CC(=O)N(c2ccccc2)C1=O. The second-order valence-corrected chi connectivity index (χ2v) is 4.35. The number of imide groups is 1. The topological polar surface area (TPSA) is 49.4 Å². The molecule has 4 nitrogen and oxygen atoms in total. The second kappa shape index (κ2) is 5.14. The highest BCUT2D eigenvalue weighted by atomic mass is 16.2. The molecule has 0 aliphatic carbocycles. The highest BCUT2D eigenvalue weighted by Crippen LogP contribution is 2.22. The Morgan fingerprint density at radius 3 is 2.67 bits per heavy atom. The number of carbonyl (C=O) groups excluding carboxylic acids is 2. The van der Waals surface area contributed by atoms with Crippen molar-refractivity contribution in [2.45, 2.75) is 25.4 Å². The minimum atomic E-state index is -0.453. The van der Waals surface area contributed by atoms with Crippen molar-refractivity contribution >= 4 is 17.5 Å². The second-order valence-electron chi connectivity index (χ2n) is 4.35. The molecule has 94 valence electrons. The quantitative estimate of drug-likeness (QED) is 0.644. The van der Waals surface area contributed by atoms with Crippen LogP contribution in [-0.4, -0.2) is 23.9 Å². The zero-order valence-electron chi connectivity index (χ0n) is 10.3. The Morgan fingerprint density at radius 2 is 2.06 bits per heavy atom. The third kappa shape index (κ3) is 2.33. The summed E-state index contributed by atoms with van der Waals surface area (Å²) >= 11 is 0. The normalized spacial score (nSPS) is 21.2. The minimum absolute atomic E-state index is 0.00229. The lowest BCUT2D eigenvalue weighted by Crippen LogP contribution is -2.42. The van der Waals surface area contributed by atoms with E-state index in [1.807, 2.05) is 25.1 Å². The smallest absolute Gasteiger partial charge is 0.251 e. The molecule has 2 unspecified atom stereocenters. The van der Waals surface area contributed by atoms with E-state index in [9.17, 15) is 9.59 Å². The van der Waals surface area contributed by atoms with E-state index < -0.39 is 6.04 Å². The van der Waals surface area contributed by atoms with Gasteiger partial charge in [-0.2, -0.15) is 0 Å². The zero-order chi connectivity index (χ0) is 13.1. The van der Waals surface area contributed by atoms with Gasteiger partial charge in [-0.25, -0.2) is 4.90 Å². The third-order valence-corrected chi connectivity index (χ3v) is 2.98. The first-order chi connectivity index (χ1) is 8.63. The molecular weight excluding hydrogens is 228 g/mol. The molecule has 1 aromatic rings. The van der Waals surface area contributed by atoms with Gasteiger partial charge in [0.1, 0.15) is 0 Å². The third-order valence-electron chi connectivity index (χ3n) is 2.98. The number of rotatable bonds is 4. The number of benzene rings is 1. The Morgan fingerprint density at radius 1 is 1.39 bits per heavy atom. The first-order valence-corrected chi connectivity index (χ1v) is 5.94. The fraction of sp³-hybridized carbons (Fsp3) is 0.286. The summed E-state index contributed by atoms with van der Waals surface area (Å²) < 4.78 is 0. The van der Waals surface area contributed by atoms with Crippen molar-refractivity contribution < 1.29 is 9.59 Å². The van der Waals surface area contributed by atoms with Crippen molar-refractivity contribution in [2.75, 3.05) is 4.90 Å². The number of carbonyl (C=O) groups is 2. The van der Waals surface area contributed by atoms with Crippen molar-refractivity contribution in [1.82, 2.24) is 5.32 Å². The van der Waals surface area contributed by atoms with Crippen LogP contribution in [0.5, 0.6) is 0 Å². The fourth-order valence-corrected chi connectivity index (χ4v) is 2.00. The van der Waals surface area contributed by atoms with Gasteiger partial charge >= 0.3 is 0 Å². The van der Waals surface area contributed by atoms with E-state index in [1.54, 1.807) is 18.2 Å². The van der Waals surface area contributed by atoms with Gasteiger partial charge in [0, 0.05) is 6.04 Å². The summed E-state index contributed by atoms with van der Waals surface area (Å²) in [5, 5.41) is 3.08. The fourth-order valence-electron chi connectivity index (χ4n) is 2.00. The van der Waals surface area contributed by atoms with Crippen LogP contribution in [0.15, 0.2) is 43.0 Å². The van der Waals surface area contributed by atoms with Crippen LogP contribution in [0, 0.1) is 0 Å². The van der Waals surface area contributed by atoms with Gasteiger partial charge in [-0.05, 0) is 19.1 Å². The molecule has 2 rings (SSSR count). The molecule has 0 spiro atoms. The lowest BCUT2D eigenvalue weighted by atomic mass is 10.2. The maximum absolute atomic E-state index is 12.2. The van der Waals surface area contributed by atoms with Crippen LogP contribution in [-0.2, 0) is 9.59 Å². The van der Waals surface area contributed by atoms with E-state index >= 15 is 0 Å². The molecular formula is C14H16N2O2. The summed E-state index contributed by atoms with van der Waals surface area (Å²) in [7, 11) is 0. The van der Waals surface area contributed by atoms with Crippen LogP contribution in [0.3, 0.4) is 0 Å². The van der Waals surface area contributed by atoms with E-state index in [0.29, 0.717) is 5.69 Å². The van der Waals surface area contributed by atoms with Gasteiger partial charge in [-0.1, -0.05) is 24.3 Å². The van der Waals surface area contributed by atoms with E-state index in [0.717, 1.165) is 0 Å². The predicted molar refractivity (Wildman–Crippen MR) is 70.1 cm³/mol. The lowest BCUT2D eigenvalue weighted by Gasteiger charge is -2.17. The van der Waals surface area contributed by atoms with E-state index in [1.165, 1.54) is 4.90 Å². The zero-order valence-corrected chi connectivity index (χ0v) is 10.3. The summed E-state index contributed by atoms with van der Waals surface area (Å²) in [5.41, 5.74) is 0.628. The molecule has 1 aliphatic rings. The molecule has 2 amide bonds. The van der Waals surface area contributed by atoms with Crippen LogP contribution in [0.4, 0.5) is 5.69 Å². The van der Waals surface area contributed by atoms with Gasteiger partial charge in [-0.3, -0.25) is 14.9 Å². The molecule has 1 N–H and O–H groups in total. The maximum Gasteiger partial charge on any atom is 0.251 e. The molecule has 1 fully saturated rings. The van der Waals surface area contributed by atoms with E-state index in [4.69, 9.17) is 0 Å². The molecule has 1 aromatic carbocycles. The lowest BCUT2D eigenvalue weighted by molar-refractivity contribution is -0.121. The number of nitrogens with one attached hydrogen (secondary N) is 1. The summed E-state index contributed by atoms with van der Waals surface area (Å²) in [6, 6.07) is 8.54. The minimum Gasteiger partial charge on any atom is -0.299 e. The Balaban J connectivity index is 2.17. The van der Waals surface area contributed by atoms with Crippen LogP contribution in [0.2, 0.25) is 0 Å². The number of anilines is 1. The van der Waals surface area contributed by atoms with Crippen LogP contribution < -0.4 is 10.2 Å². The number of hydrogen-bond acceptors (Lipinski definition) is 3. The summed E-state index contributed by atoms with van der Waals surface area (Å²) in [6.07, 6.45) is 1.91. The number of nitrogens with zero attached hydrogens (tertiary/aromatic N) is 1. The molecule has 0 saturated carbocycles. The average molecular weight is 244 g/mol. The molecule has 4 heteroatoms. The van der Waals surface area contributed by atoms with Crippen molar-refractivity contribution in [2.24, 2.45) is 0 Å². The number of para-hydroxylation sites is 1. The Hall–Kier alpha value is -1.94. The predicted octanol–water partition coefficient (Wildman–Crippen LogP) is 1.48. The van der Waals surface area contributed by atoms with Crippen LogP contribution >= 0.6 is 0 Å². The van der Waals surface area contributed by atoms with Crippen molar-refractivity contribution in [1.29, 1.82) is 0 Å². The van der Waals surface area contributed by atoms with Gasteiger partial charge in [-0.15, -0.1) is 6.58 Å². The van der Waals surface area contributed by atoms with Gasteiger partial charge in [0.2, 0.25) is 5.91 Å². The largest absolute Gasteiger partial charge is 0.299 e. The maximum atomic E-state index is 12.2. The first kappa shape index (κ1) is 12.5. The van der Waals surface area contributed by atoms with Gasteiger partial charge < -0.3 is 0 Å². The van der Waals surface area contributed by atoms with Gasteiger partial charge in [0.25, 0.3) is 5.91 Å².